The van der Waals surface area contributed by atoms with Gasteiger partial charge in [0, 0.05) is 5.41 Å². The van der Waals surface area contributed by atoms with E-state index >= 15 is 0 Å². The lowest BCUT2D eigenvalue weighted by atomic mass is 9.97. The molecule has 0 aromatic heterocycles. The van der Waals surface area contributed by atoms with E-state index in [0.717, 1.165) is 0 Å². The molecule has 0 aromatic carbocycles. The fraction of sp³-hybridized carbons (Fsp3) is 1.00. The fourth-order valence-corrected chi connectivity index (χ4v) is 1.42. The van der Waals surface area contributed by atoms with E-state index in [4.69, 9.17) is 0 Å². The zero-order valence-electron chi connectivity index (χ0n) is 6.46. The Morgan fingerprint density at radius 1 is 1.40 bits per heavy atom. The quantitative estimate of drug-likeness (QED) is 0.481. The van der Waals surface area contributed by atoms with Crippen LogP contribution in [0.5, 0.6) is 0 Å². The molecule has 0 bridgehead atoms. The Labute approximate surface area is 60.6 Å². The number of hydrogen-bond donors (Lipinski definition) is 1. The van der Waals surface area contributed by atoms with Crippen molar-refractivity contribution in [2.45, 2.75) is 26.6 Å². The van der Waals surface area contributed by atoms with Crippen LogP contribution in [0.2, 0.25) is 0 Å². The smallest absolute Gasteiger partial charge is 0.115 e. The first-order chi connectivity index (χ1) is 4.15. The molecular formula is C5H13NO3P-. The van der Waals surface area contributed by atoms with Crippen molar-refractivity contribution in [3.05, 3.63) is 0 Å². The lowest BCUT2D eigenvalue weighted by Crippen LogP contribution is -2.68. The van der Waals surface area contributed by atoms with Crippen LogP contribution in [0.1, 0.15) is 20.8 Å². The normalized spacial score (nSPS) is 17.0. The van der Waals surface area contributed by atoms with E-state index in [1.54, 1.807) is 20.8 Å². The summed E-state index contributed by atoms with van der Waals surface area (Å²) in [5, 5.41) is 0. The van der Waals surface area contributed by atoms with E-state index in [-0.39, 0.29) is 0 Å². The molecule has 0 fully saturated rings. The summed E-state index contributed by atoms with van der Waals surface area (Å²) in [6.07, 6.45) is 0. The molecule has 0 unspecified atom stereocenters. The fourth-order valence-electron chi connectivity index (χ4n) is 0.474. The van der Waals surface area contributed by atoms with Crippen molar-refractivity contribution >= 4 is 7.60 Å². The zero-order valence-corrected chi connectivity index (χ0v) is 7.35. The minimum absolute atomic E-state index is 0.557. The highest BCUT2D eigenvalue weighted by molar-refractivity contribution is 7.49. The standard InChI is InChI=1S/C5H14NO3P/c1-5(2,3)4(6)10(7,8)9/h4H,6H2,1-3H3,(H2,7,8,9)/p-1/t4-/m0/s1. The second-order valence-electron chi connectivity index (χ2n) is 3.42. The molecule has 4 nitrogen and oxygen atoms in total. The van der Waals surface area contributed by atoms with Crippen molar-refractivity contribution in [3.63, 3.8) is 0 Å². The van der Waals surface area contributed by atoms with Crippen LogP contribution in [0.4, 0.5) is 0 Å². The highest BCUT2D eigenvalue weighted by atomic mass is 31.2. The first kappa shape index (κ1) is 10.1. The molecular weight excluding hydrogens is 153 g/mol. The van der Waals surface area contributed by atoms with Crippen molar-refractivity contribution in [2.75, 3.05) is 0 Å². The van der Waals surface area contributed by atoms with E-state index < -0.39 is 18.8 Å². The first-order valence-electron chi connectivity index (χ1n) is 3.00. The lowest BCUT2D eigenvalue weighted by Gasteiger charge is -2.39. The molecule has 3 N–H and O–H groups in total. The van der Waals surface area contributed by atoms with Crippen LogP contribution in [-0.2, 0) is 4.57 Å². The van der Waals surface area contributed by atoms with Gasteiger partial charge >= 0.3 is 0 Å². The molecule has 0 aliphatic rings. The predicted octanol–water partition coefficient (Wildman–Crippen LogP) is -1.49. The lowest BCUT2D eigenvalue weighted by molar-refractivity contribution is -0.447. The predicted molar refractivity (Wildman–Crippen MR) is 33.7 cm³/mol. The average molecular weight is 166 g/mol. The van der Waals surface area contributed by atoms with Gasteiger partial charge in [-0.25, -0.2) is 0 Å². The molecule has 0 aromatic rings. The van der Waals surface area contributed by atoms with Gasteiger partial charge in [-0.3, -0.25) is 0 Å². The summed E-state index contributed by atoms with van der Waals surface area (Å²) in [4.78, 5) is 20.8. The molecule has 1 atom stereocenters. The molecule has 0 aliphatic heterocycles. The van der Waals surface area contributed by atoms with E-state index in [0.29, 0.717) is 0 Å². The van der Waals surface area contributed by atoms with Gasteiger partial charge in [0.15, 0.2) is 0 Å². The van der Waals surface area contributed by atoms with Gasteiger partial charge in [-0.05, 0) is 7.60 Å². The third-order valence-electron chi connectivity index (χ3n) is 1.38. The van der Waals surface area contributed by atoms with Gasteiger partial charge in [-0.15, -0.1) is 0 Å². The van der Waals surface area contributed by atoms with Crippen LogP contribution in [0.3, 0.4) is 0 Å². The molecule has 5 heteroatoms. The van der Waals surface area contributed by atoms with Crippen LogP contribution in [0.25, 0.3) is 0 Å². The van der Waals surface area contributed by atoms with Crippen molar-refractivity contribution < 1.29 is 20.1 Å². The van der Waals surface area contributed by atoms with E-state index in [1.807, 2.05) is 0 Å². The Morgan fingerprint density at radius 3 is 1.70 bits per heavy atom. The van der Waals surface area contributed by atoms with Crippen LogP contribution >= 0.6 is 7.60 Å². The summed E-state index contributed by atoms with van der Waals surface area (Å²) < 4.78 is 10.4. The van der Waals surface area contributed by atoms with Gasteiger partial charge in [-0.1, -0.05) is 20.8 Å². The monoisotopic (exact) mass is 166 g/mol. The first-order valence-corrected chi connectivity index (χ1v) is 4.61. The van der Waals surface area contributed by atoms with Crippen molar-refractivity contribution in [1.82, 2.24) is 0 Å². The van der Waals surface area contributed by atoms with Gasteiger partial charge in [0.2, 0.25) is 0 Å². The Kier molecular flexibility index (Phi) is 2.65. The van der Waals surface area contributed by atoms with Gasteiger partial charge in [-0.2, -0.15) is 0 Å². The highest BCUT2D eigenvalue weighted by Crippen LogP contribution is 2.37. The number of hydrogen-bond acceptors (Lipinski definition) is 3. The molecule has 0 saturated heterocycles. The van der Waals surface area contributed by atoms with Crippen molar-refractivity contribution in [3.8, 4) is 0 Å². The topological polar surface area (TPSA) is 90.8 Å². The van der Waals surface area contributed by atoms with Crippen LogP contribution in [-0.4, -0.2) is 5.78 Å². The highest BCUT2D eigenvalue weighted by Gasteiger charge is 2.26. The molecule has 0 saturated carbocycles. The van der Waals surface area contributed by atoms with Gasteiger partial charge in [0.25, 0.3) is 0 Å². The molecule has 0 heterocycles. The third kappa shape index (κ3) is 2.80. The summed E-state index contributed by atoms with van der Waals surface area (Å²) >= 11 is 0. The third-order valence-corrected chi connectivity index (χ3v) is 2.92. The molecule has 0 aliphatic carbocycles. The Balaban J connectivity index is 4.39. The van der Waals surface area contributed by atoms with E-state index in [1.165, 1.54) is 0 Å². The van der Waals surface area contributed by atoms with Crippen LogP contribution < -0.4 is 15.5 Å². The Bertz CT molecular complexity index is 157. The van der Waals surface area contributed by atoms with Crippen molar-refractivity contribution in [1.29, 1.82) is 0 Å². The van der Waals surface area contributed by atoms with Gasteiger partial charge in [0.1, 0.15) is 5.78 Å². The SMILES string of the molecule is CC(C)(C)[C@@H]([NH3+])P(=O)([O-])[O-]. The summed E-state index contributed by atoms with van der Waals surface area (Å²) in [5.41, 5.74) is 2.74. The zero-order chi connectivity index (χ0) is 8.58. The molecule has 0 radical (unpaired) electrons. The van der Waals surface area contributed by atoms with Gasteiger partial charge in [0.05, 0.1) is 0 Å². The number of quaternary nitrogens is 1. The molecule has 0 spiro atoms. The van der Waals surface area contributed by atoms with Crippen molar-refractivity contribution in [2.24, 2.45) is 5.41 Å². The minimum atomic E-state index is -4.49. The summed E-state index contributed by atoms with van der Waals surface area (Å²) in [6, 6.07) is 0. The average Bonchev–Trinajstić information content (AvgIpc) is 1.59. The molecule has 10 heavy (non-hydrogen) atoms. The summed E-state index contributed by atoms with van der Waals surface area (Å²) in [6.45, 7) is 5.02. The molecule has 62 valence electrons. The van der Waals surface area contributed by atoms with Gasteiger partial charge < -0.3 is 20.1 Å². The second-order valence-corrected chi connectivity index (χ2v) is 5.12. The molecule has 0 rings (SSSR count). The molecule has 0 amide bonds. The maximum absolute atomic E-state index is 10.4. The second kappa shape index (κ2) is 2.62. The van der Waals surface area contributed by atoms with Crippen LogP contribution in [0.15, 0.2) is 0 Å². The largest absolute Gasteiger partial charge is 0.807 e. The van der Waals surface area contributed by atoms with Crippen LogP contribution in [0, 0.1) is 5.41 Å². The number of rotatable bonds is 1. The Hall–Kier alpha value is 0.110. The summed E-state index contributed by atoms with van der Waals surface area (Å²) in [7, 11) is -4.49. The summed E-state index contributed by atoms with van der Waals surface area (Å²) in [5.74, 6) is -1.04. The maximum Gasteiger partial charge on any atom is 0.115 e. The Morgan fingerprint density at radius 2 is 1.70 bits per heavy atom. The maximum atomic E-state index is 10.4. The van der Waals surface area contributed by atoms with E-state index in [9.17, 15) is 14.4 Å². The minimum Gasteiger partial charge on any atom is -0.807 e. The van der Waals surface area contributed by atoms with E-state index in [2.05, 4.69) is 5.73 Å².